The first-order valence-electron chi connectivity index (χ1n) is 6.85. The van der Waals surface area contributed by atoms with Crippen LogP contribution in [-0.2, 0) is 17.8 Å². The molecule has 0 saturated carbocycles. The molecule has 6 heteroatoms. The second kappa shape index (κ2) is 7.17. The van der Waals surface area contributed by atoms with Crippen molar-refractivity contribution in [1.82, 2.24) is 15.3 Å². The van der Waals surface area contributed by atoms with Crippen molar-refractivity contribution in [2.75, 3.05) is 19.0 Å². The Morgan fingerprint density at radius 2 is 2.19 bits per heavy atom. The van der Waals surface area contributed by atoms with Gasteiger partial charge >= 0.3 is 0 Å². The molecule has 0 saturated heterocycles. The zero-order valence-corrected chi connectivity index (χ0v) is 13.4. The monoisotopic (exact) mass is 304 g/mol. The van der Waals surface area contributed by atoms with Gasteiger partial charge in [0.25, 0.3) is 0 Å². The van der Waals surface area contributed by atoms with Gasteiger partial charge in [-0.05, 0) is 36.4 Å². The fourth-order valence-electron chi connectivity index (χ4n) is 1.88. The lowest BCUT2D eigenvalue weighted by Crippen LogP contribution is -2.24. The molecule has 0 atom stereocenters. The predicted octanol–water partition coefficient (Wildman–Crippen LogP) is 2.16. The van der Waals surface area contributed by atoms with Gasteiger partial charge in [0.05, 0.1) is 6.54 Å². The number of amides is 1. The summed E-state index contributed by atoms with van der Waals surface area (Å²) < 4.78 is 0. The fraction of sp³-hybridized carbons (Fsp3) is 0.400. The van der Waals surface area contributed by atoms with E-state index in [0.717, 1.165) is 12.2 Å². The number of carbonyl (C=O) groups excluding carboxylic acids is 1. The third-order valence-electron chi connectivity index (χ3n) is 3.14. The van der Waals surface area contributed by atoms with Gasteiger partial charge in [0.2, 0.25) is 5.91 Å². The molecule has 0 radical (unpaired) electrons. The molecule has 2 aromatic rings. The zero-order chi connectivity index (χ0) is 15.2. The molecule has 2 aromatic heterocycles. The molecule has 0 spiro atoms. The maximum absolute atomic E-state index is 11.9. The second-order valence-corrected chi connectivity index (χ2v) is 6.03. The Kier molecular flexibility index (Phi) is 5.27. The average molecular weight is 304 g/mol. The highest BCUT2D eigenvalue weighted by Crippen LogP contribution is 2.17. The summed E-state index contributed by atoms with van der Waals surface area (Å²) in [6.45, 7) is 2.44. The van der Waals surface area contributed by atoms with Crippen molar-refractivity contribution in [3.63, 3.8) is 0 Å². The van der Waals surface area contributed by atoms with Gasteiger partial charge in [-0.1, -0.05) is 0 Å². The minimum absolute atomic E-state index is 0.0293. The molecular formula is C15H20N4OS. The molecule has 2 rings (SSSR count). The standard InChI is InChI=1S/C15H20N4OS/c1-11-7-9-21-12(11)4-5-15(20)17-10-13-16-8-6-14(18-13)19(2)3/h6-9H,4-5,10H2,1-3H3,(H,17,20). The first kappa shape index (κ1) is 15.4. The second-order valence-electron chi connectivity index (χ2n) is 5.03. The topological polar surface area (TPSA) is 58.1 Å². The Bertz CT molecular complexity index is 609. The van der Waals surface area contributed by atoms with E-state index in [1.165, 1.54) is 10.4 Å². The van der Waals surface area contributed by atoms with Crippen molar-refractivity contribution in [3.05, 3.63) is 40.0 Å². The highest BCUT2D eigenvalue weighted by Gasteiger charge is 2.07. The van der Waals surface area contributed by atoms with Gasteiger partial charge in [-0.3, -0.25) is 4.79 Å². The zero-order valence-electron chi connectivity index (χ0n) is 12.6. The van der Waals surface area contributed by atoms with Crippen LogP contribution in [-0.4, -0.2) is 30.0 Å². The fourth-order valence-corrected chi connectivity index (χ4v) is 2.79. The molecule has 1 amide bonds. The number of carbonyl (C=O) groups is 1. The van der Waals surface area contributed by atoms with Gasteiger partial charge in [-0.2, -0.15) is 0 Å². The number of aromatic nitrogens is 2. The Morgan fingerprint density at radius 3 is 2.86 bits per heavy atom. The molecule has 0 aromatic carbocycles. The number of thiophene rings is 1. The molecule has 21 heavy (non-hydrogen) atoms. The first-order chi connectivity index (χ1) is 10.1. The van der Waals surface area contributed by atoms with Crippen molar-refractivity contribution in [1.29, 1.82) is 0 Å². The number of nitrogens with zero attached hydrogens (tertiary/aromatic N) is 3. The van der Waals surface area contributed by atoms with Crippen molar-refractivity contribution in [3.8, 4) is 0 Å². The van der Waals surface area contributed by atoms with Crippen molar-refractivity contribution >= 4 is 23.1 Å². The molecule has 0 unspecified atom stereocenters. The molecule has 0 fully saturated rings. The third-order valence-corrected chi connectivity index (χ3v) is 4.22. The minimum atomic E-state index is 0.0293. The van der Waals surface area contributed by atoms with E-state index in [0.29, 0.717) is 18.8 Å². The molecule has 0 aliphatic heterocycles. The summed E-state index contributed by atoms with van der Waals surface area (Å²) in [7, 11) is 3.85. The van der Waals surface area contributed by atoms with E-state index >= 15 is 0 Å². The maximum Gasteiger partial charge on any atom is 0.220 e. The average Bonchev–Trinajstić information content (AvgIpc) is 2.88. The van der Waals surface area contributed by atoms with Crippen molar-refractivity contribution < 1.29 is 4.79 Å². The van der Waals surface area contributed by atoms with Crippen LogP contribution in [0.3, 0.4) is 0 Å². The van der Waals surface area contributed by atoms with E-state index in [1.807, 2.05) is 25.1 Å². The lowest BCUT2D eigenvalue weighted by molar-refractivity contribution is -0.121. The molecule has 1 N–H and O–H groups in total. The smallest absolute Gasteiger partial charge is 0.220 e. The summed E-state index contributed by atoms with van der Waals surface area (Å²) >= 11 is 1.70. The quantitative estimate of drug-likeness (QED) is 0.888. The maximum atomic E-state index is 11.9. The highest BCUT2D eigenvalue weighted by molar-refractivity contribution is 7.10. The van der Waals surface area contributed by atoms with Crippen molar-refractivity contribution in [2.45, 2.75) is 26.3 Å². The third kappa shape index (κ3) is 4.53. The normalized spacial score (nSPS) is 10.4. The Hall–Kier alpha value is -1.95. The van der Waals surface area contributed by atoms with E-state index in [9.17, 15) is 4.79 Å². The van der Waals surface area contributed by atoms with Crippen LogP contribution in [0.1, 0.15) is 22.7 Å². The Balaban J connectivity index is 1.81. The predicted molar refractivity (Wildman–Crippen MR) is 85.6 cm³/mol. The Labute approximate surface area is 129 Å². The molecule has 0 aliphatic carbocycles. The van der Waals surface area contributed by atoms with E-state index in [1.54, 1.807) is 17.5 Å². The van der Waals surface area contributed by atoms with Crippen LogP contribution in [0.5, 0.6) is 0 Å². The number of nitrogens with one attached hydrogen (secondary N) is 1. The van der Waals surface area contributed by atoms with Gasteiger partial charge in [0.15, 0.2) is 0 Å². The van der Waals surface area contributed by atoms with E-state index < -0.39 is 0 Å². The summed E-state index contributed by atoms with van der Waals surface area (Å²) in [4.78, 5) is 23.6. The first-order valence-corrected chi connectivity index (χ1v) is 7.73. The summed E-state index contributed by atoms with van der Waals surface area (Å²) in [5.41, 5.74) is 1.26. The van der Waals surface area contributed by atoms with Crippen LogP contribution in [0.2, 0.25) is 0 Å². The molecule has 2 heterocycles. The number of anilines is 1. The van der Waals surface area contributed by atoms with Crippen LogP contribution in [0.15, 0.2) is 23.7 Å². The van der Waals surface area contributed by atoms with Gasteiger partial charge in [0.1, 0.15) is 11.6 Å². The number of hydrogen-bond acceptors (Lipinski definition) is 5. The molecule has 5 nitrogen and oxygen atoms in total. The molecule has 0 bridgehead atoms. The summed E-state index contributed by atoms with van der Waals surface area (Å²) in [6.07, 6.45) is 2.99. The summed E-state index contributed by atoms with van der Waals surface area (Å²) in [5, 5.41) is 4.93. The van der Waals surface area contributed by atoms with Crippen LogP contribution in [0.4, 0.5) is 5.82 Å². The molecular weight excluding hydrogens is 284 g/mol. The van der Waals surface area contributed by atoms with Crippen molar-refractivity contribution in [2.24, 2.45) is 0 Å². The van der Waals surface area contributed by atoms with Gasteiger partial charge in [-0.15, -0.1) is 11.3 Å². The summed E-state index contributed by atoms with van der Waals surface area (Å²) in [5.74, 6) is 1.49. The van der Waals surface area contributed by atoms with Gasteiger partial charge < -0.3 is 10.2 Å². The largest absolute Gasteiger partial charge is 0.363 e. The van der Waals surface area contributed by atoms with Gasteiger partial charge in [-0.25, -0.2) is 9.97 Å². The van der Waals surface area contributed by atoms with E-state index in [2.05, 4.69) is 33.7 Å². The number of hydrogen-bond donors (Lipinski definition) is 1. The number of aryl methyl sites for hydroxylation is 2. The molecule has 0 aliphatic rings. The molecule has 112 valence electrons. The van der Waals surface area contributed by atoms with Crippen LogP contribution >= 0.6 is 11.3 Å². The Morgan fingerprint density at radius 1 is 1.38 bits per heavy atom. The van der Waals surface area contributed by atoms with E-state index in [4.69, 9.17) is 0 Å². The lowest BCUT2D eigenvalue weighted by Gasteiger charge is -2.11. The van der Waals surface area contributed by atoms with Gasteiger partial charge in [0, 0.05) is 31.6 Å². The highest BCUT2D eigenvalue weighted by atomic mass is 32.1. The van der Waals surface area contributed by atoms with E-state index in [-0.39, 0.29) is 5.91 Å². The minimum Gasteiger partial charge on any atom is -0.363 e. The SMILES string of the molecule is Cc1ccsc1CCC(=O)NCc1nccc(N(C)C)n1. The van der Waals surface area contributed by atoms with Crippen LogP contribution < -0.4 is 10.2 Å². The lowest BCUT2D eigenvalue weighted by atomic mass is 10.2. The van der Waals surface area contributed by atoms with Crippen LogP contribution in [0.25, 0.3) is 0 Å². The summed E-state index contributed by atoms with van der Waals surface area (Å²) in [6, 6.07) is 3.92. The van der Waals surface area contributed by atoms with Crippen LogP contribution in [0, 0.1) is 6.92 Å². The number of rotatable bonds is 6.